The van der Waals surface area contributed by atoms with E-state index in [1.165, 1.54) is 11.1 Å². The molecule has 1 N–H and O–H groups in total. The zero-order valence-electron chi connectivity index (χ0n) is 11.5. The zero-order chi connectivity index (χ0) is 13.5. The van der Waals surface area contributed by atoms with Crippen LogP contribution in [-0.4, -0.2) is 11.2 Å². The van der Waals surface area contributed by atoms with Crippen molar-refractivity contribution in [2.24, 2.45) is 0 Å². The Morgan fingerprint density at radius 2 is 1.47 bits per heavy atom. The number of rotatable bonds is 6. The molecule has 0 radical (unpaired) electrons. The van der Waals surface area contributed by atoms with Crippen LogP contribution in [0.2, 0.25) is 0 Å². The predicted molar refractivity (Wildman–Crippen MR) is 80.2 cm³/mol. The minimum absolute atomic E-state index is 0.228. The summed E-state index contributed by atoms with van der Waals surface area (Å²) in [6.07, 6.45) is 2.54. The Hall–Kier alpha value is -1.60. The fraction of sp³-hybridized carbons (Fsp3) is 0.333. The standard InChI is InChI=1S/C18H22O/c1-2-18(19)17(16-11-7-4-8-12-16)14-13-15-9-5-3-6-10-15/h3-12,17-19H,2,13-14H2,1H3/t17-,18-/m1/s1. The van der Waals surface area contributed by atoms with Gasteiger partial charge in [0.2, 0.25) is 0 Å². The first-order valence-electron chi connectivity index (χ1n) is 7.08. The quantitative estimate of drug-likeness (QED) is 0.820. The molecule has 1 heteroatoms. The molecule has 0 bridgehead atoms. The van der Waals surface area contributed by atoms with Gasteiger partial charge < -0.3 is 5.11 Å². The number of aliphatic hydroxyl groups excluding tert-OH is 1. The van der Waals surface area contributed by atoms with Crippen LogP contribution in [-0.2, 0) is 6.42 Å². The molecule has 0 fully saturated rings. The van der Waals surface area contributed by atoms with Crippen LogP contribution < -0.4 is 0 Å². The zero-order valence-corrected chi connectivity index (χ0v) is 11.5. The minimum Gasteiger partial charge on any atom is -0.393 e. The van der Waals surface area contributed by atoms with Crippen LogP contribution in [0.25, 0.3) is 0 Å². The lowest BCUT2D eigenvalue weighted by molar-refractivity contribution is 0.134. The van der Waals surface area contributed by atoms with Crippen molar-refractivity contribution >= 4 is 0 Å². The first kappa shape index (κ1) is 13.8. The smallest absolute Gasteiger partial charge is 0.0606 e. The van der Waals surface area contributed by atoms with E-state index in [-0.39, 0.29) is 12.0 Å². The lowest BCUT2D eigenvalue weighted by Crippen LogP contribution is -2.18. The van der Waals surface area contributed by atoms with E-state index in [0.717, 1.165) is 19.3 Å². The van der Waals surface area contributed by atoms with Crippen molar-refractivity contribution in [3.63, 3.8) is 0 Å². The third-order valence-corrected chi connectivity index (χ3v) is 3.70. The molecule has 0 saturated heterocycles. The highest BCUT2D eigenvalue weighted by molar-refractivity contribution is 5.22. The Balaban J connectivity index is 2.07. The highest BCUT2D eigenvalue weighted by Crippen LogP contribution is 2.26. The molecule has 19 heavy (non-hydrogen) atoms. The SMILES string of the molecule is CC[C@@H](O)[C@H](CCc1ccccc1)c1ccccc1. The first-order chi connectivity index (χ1) is 9.31. The van der Waals surface area contributed by atoms with Crippen molar-refractivity contribution in [3.05, 3.63) is 71.8 Å². The topological polar surface area (TPSA) is 20.2 Å². The number of aryl methyl sites for hydroxylation is 1. The van der Waals surface area contributed by atoms with Gasteiger partial charge in [0.15, 0.2) is 0 Å². The molecule has 0 saturated carbocycles. The summed E-state index contributed by atoms with van der Waals surface area (Å²) in [5.74, 6) is 0.228. The van der Waals surface area contributed by atoms with Gasteiger partial charge in [0, 0.05) is 5.92 Å². The fourth-order valence-corrected chi connectivity index (χ4v) is 2.53. The molecule has 0 aliphatic rings. The van der Waals surface area contributed by atoms with Crippen LogP contribution in [0.5, 0.6) is 0 Å². The summed E-state index contributed by atoms with van der Waals surface area (Å²) < 4.78 is 0. The summed E-state index contributed by atoms with van der Waals surface area (Å²) >= 11 is 0. The lowest BCUT2D eigenvalue weighted by atomic mass is 9.87. The van der Waals surface area contributed by atoms with Gasteiger partial charge >= 0.3 is 0 Å². The lowest BCUT2D eigenvalue weighted by Gasteiger charge is -2.22. The summed E-state index contributed by atoms with van der Waals surface area (Å²) in [6.45, 7) is 2.04. The van der Waals surface area contributed by atoms with Crippen molar-refractivity contribution in [1.29, 1.82) is 0 Å². The monoisotopic (exact) mass is 254 g/mol. The number of aliphatic hydroxyl groups is 1. The molecule has 0 amide bonds. The van der Waals surface area contributed by atoms with E-state index >= 15 is 0 Å². The van der Waals surface area contributed by atoms with E-state index < -0.39 is 0 Å². The van der Waals surface area contributed by atoms with E-state index in [0.29, 0.717) is 0 Å². The Morgan fingerprint density at radius 3 is 2.05 bits per heavy atom. The second-order valence-corrected chi connectivity index (χ2v) is 5.02. The van der Waals surface area contributed by atoms with Crippen LogP contribution in [0.15, 0.2) is 60.7 Å². The van der Waals surface area contributed by atoms with Gasteiger partial charge in [0.1, 0.15) is 0 Å². The van der Waals surface area contributed by atoms with Crippen molar-refractivity contribution in [1.82, 2.24) is 0 Å². The van der Waals surface area contributed by atoms with Crippen LogP contribution in [0, 0.1) is 0 Å². The molecule has 1 nitrogen and oxygen atoms in total. The average Bonchev–Trinajstić information content (AvgIpc) is 2.49. The molecular weight excluding hydrogens is 232 g/mol. The molecule has 2 atom stereocenters. The Bertz CT molecular complexity index is 464. The number of hydrogen-bond acceptors (Lipinski definition) is 1. The third kappa shape index (κ3) is 3.93. The number of hydrogen-bond donors (Lipinski definition) is 1. The third-order valence-electron chi connectivity index (χ3n) is 3.70. The molecule has 2 rings (SSSR count). The summed E-state index contributed by atoms with van der Waals surface area (Å²) in [4.78, 5) is 0. The van der Waals surface area contributed by atoms with Gasteiger partial charge in [0.25, 0.3) is 0 Å². The van der Waals surface area contributed by atoms with Crippen molar-refractivity contribution in [3.8, 4) is 0 Å². The summed E-state index contributed by atoms with van der Waals surface area (Å²) in [7, 11) is 0. The maximum atomic E-state index is 10.2. The first-order valence-corrected chi connectivity index (χ1v) is 7.08. The van der Waals surface area contributed by atoms with Crippen LogP contribution in [0.1, 0.15) is 36.8 Å². The van der Waals surface area contributed by atoms with Gasteiger partial charge in [-0.3, -0.25) is 0 Å². The van der Waals surface area contributed by atoms with Gasteiger partial charge in [-0.1, -0.05) is 67.6 Å². The summed E-state index contributed by atoms with van der Waals surface area (Å²) in [5.41, 5.74) is 2.58. The van der Waals surface area contributed by atoms with Crippen LogP contribution >= 0.6 is 0 Å². The summed E-state index contributed by atoms with van der Waals surface area (Å²) in [6, 6.07) is 20.9. The molecule has 100 valence electrons. The van der Waals surface area contributed by atoms with Crippen molar-refractivity contribution < 1.29 is 5.11 Å². The number of benzene rings is 2. The van der Waals surface area contributed by atoms with Crippen LogP contribution in [0.4, 0.5) is 0 Å². The Kier molecular flexibility index (Phi) is 5.17. The molecule has 0 heterocycles. The molecule has 0 spiro atoms. The molecule has 2 aromatic rings. The fourth-order valence-electron chi connectivity index (χ4n) is 2.53. The van der Waals surface area contributed by atoms with Crippen LogP contribution in [0.3, 0.4) is 0 Å². The van der Waals surface area contributed by atoms with Gasteiger partial charge in [-0.25, -0.2) is 0 Å². The van der Waals surface area contributed by atoms with Crippen molar-refractivity contribution in [2.75, 3.05) is 0 Å². The highest BCUT2D eigenvalue weighted by Gasteiger charge is 2.19. The molecule has 0 unspecified atom stereocenters. The molecule has 0 aliphatic heterocycles. The van der Waals surface area contributed by atoms with Crippen molar-refractivity contribution in [2.45, 2.75) is 38.2 Å². The average molecular weight is 254 g/mol. The Morgan fingerprint density at radius 1 is 0.895 bits per heavy atom. The van der Waals surface area contributed by atoms with Gasteiger partial charge in [0.05, 0.1) is 6.10 Å². The Labute approximate surface area is 115 Å². The van der Waals surface area contributed by atoms with E-state index in [1.54, 1.807) is 0 Å². The normalized spacial score (nSPS) is 14.0. The summed E-state index contributed by atoms with van der Waals surface area (Å²) in [5, 5.41) is 10.2. The molecule has 0 aromatic heterocycles. The maximum absolute atomic E-state index is 10.2. The largest absolute Gasteiger partial charge is 0.393 e. The minimum atomic E-state index is -0.258. The predicted octanol–water partition coefficient (Wildman–Crippen LogP) is 4.17. The highest BCUT2D eigenvalue weighted by atomic mass is 16.3. The van der Waals surface area contributed by atoms with E-state index in [1.807, 2.05) is 31.2 Å². The maximum Gasteiger partial charge on any atom is 0.0606 e. The van der Waals surface area contributed by atoms with E-state index in [2.05, 4.69) is 36.4 Å². The molecular formula is C18H22O. The van der Waals surface area contributed by atoms with Gasteiger partial charge in [-0.05, 0) is 30.4 Å². The van der Waals surface area contributed by atoms with Gasteiger partial charge in [-0.2, -0.15) is 0 Å². The second-order valence-electron chi connectivity index (χ2n) is 5.02. The molecule has 0 aliphatic carbocycles. The molecule has 2 aromatic carbocycles. The second kappa shape index (κ2) is 7.10. The van der Waals surface area contributed by atoms with E-state index in [4.69, 9.17) is 0 Å². The van der Waals surface area contributed by atoms with Gasteiger partial charge in [-0.15, -0.1) is 0 Å². The van der Waals surface area contributed by atoms with E-state index in [9.17, 15) is 5.11 Å².